The van der Waals surface area contributed by atoms with Crippen LogP contribution in [-0.4, -0.2) is 21.5 Å². The molecule has 106 valence electrons. The van der Waals surface area contributed by atoms with Crippen molar-refractivity contribution in [2.45, 2.75) is 27.3 Å². The fraction of sp³-hybridized carbons (Fsp3) is 0.400. The van der Waals surface area contributed by atoms with Crippen LogP contribution in [0.4, 0.5) is 0 Å². The first-order valence-electron chi connectivity index (χ1n) is 6.72. The topological polar surface area (TPSA) is 50.7 Å². The van der Waals surface area contributed by atoms with Crippen molar-refractivity contribution in [3.63, 3.8) is 0 Å². The first-order valence-corrected chi connectivity index (χ1v) is 7.10. The van der Waals surface area contributed by atoms with Gasteiger partial charge in [-0.2, -0.15) is 0 Å². The second-order valence-corrected chi connectivity index (χ2v) is 5.59. The zero-order chi connectivity index (χ0) is 14.5. The molecule has 5 heteroatoms. The minimum atomic E-state index is 0.569. The van der Waals surface area contributed by atoms with Crippen LogP contribution in [0.2, 0.25) is 5.02 Å². The molecule has 2 aromatic rings. The van der Waals surface area contributed by atoms with Gasteiger partial charge < -0.3 is 5.32 Å². The van der Waals surface area contributed by atoms with Crippen LogP contribution < -0.4 is 5.32 Å². The molecule has 0 aliphatic heterocycles. The highest BCUT2D eigenvalue weighted by molar-refractivity contribution is 6.32. The third-order valence-corrected chi connectivity index (χ3v) is 3.04. The van der Waals surface area contributed by atoms with Crippen LogP contribution in [0.3, 0.4) is 0 Å². The van der Waals surface area contributed by atoms with E-state index in [1.165, 1.54) is 0 Å². The van der Waals surface area contributed by atoms with Gasteiger partial charge in [0.25, 0.3) is 0 Å². The third kappa shape index (κ3) is 3.99. The molecule has 0 saturated carbocycles. The molecule has 2 rings (SSSR count). The lowest BCUT2D eigenvalue weighted by atomic mass is 10.2. The average Bonchev–Trinajstić information content (AvgIpc) is 2.38. The van der Waals surface area contributed by atoms with Crippen LogP contribution in [0.1, 0.15) is 25.2 Å². The fourth-order valence-corrected chi connectivity index (χ4v) is 2.08. The van der Waals surface area contributed by atoms with E-state index in [4.69, 9.17) is 11.6 Å². The molecule has 0 spiro atoms. The maximum Gasteiger partial charge on any atom is 0.180 e. The maximum absolute atomic E-state index is 6.15. The zero-order valence-corrected chi connectivity index (χ0v) is 12.8. The summed E-state index contributed by atoms with van der Waals surface area (Å²) in [6.45, 7) is 7.99. The lowest BCUT2D eigenvalue weighted by molar-refractivity contribution is 0.548. The van der Waals surface area contributed by atoms with Crippen LogP contribution in [0.25, 0.3) is 11.5 Å². The van der Waals surface area contributed by atoms with Gasteiger partial charge in [-0.3, -0.25) is 4.98 Å². The summed E-state index contributed by atoms with van der Waals surface area (Å²) in [6.07, 6.45) is 1.70. The van der Waals surface area contributed by atoms with E-state index in [0.717, 1.165) is 24.5 Å². The van der Waals surface area contributed by atoms with Gasteiger partial charge in [0.2, 0.25) is 0 Å². The second-order valence-electron chi connectivity index (χ2n) is 5.18. The predicted molar refractivity (Wildman–Crippen MR) is 81.6 cm³/mol. The summed E-state index contributed by atoms with van der Waals surface area (Å²) in [4.78, 5) is 13.2. The van der Waals surface area contributed by atoms with E-state index in [1.807, 2.05) is 13.0 Å². The quantitative estimate of drug-likeness (QED) is 0.918. The van der Waals surface area contributed by atoms with Gasteiger partial charge in [-0.15, -0.1) is 0 Å². The molecule has 0 atom stereocenters. The molecule has 2 heterocycles. The summed E-state index contributed by atoms with van der Waals surface area (Å²) in [7, 11) is 0. The Hall–Kier alpha value is -1.52. The first kappa shape index (κ1) is 14.9. The first-order chi connectivity index (χ1) is 9.56. The average molecular weight is 291 g/mol. The molecule has 2 aromatic heterocycles. The van der Waals surface area contributed by atoms with Gasteiger partial charge in [0, 0.05) is 18.4 Å². The summed E-state index contributed by atoms with van der Waals surface area (Å²) >= 11 is 6.15. The number of aromatic nitrogens is 3. The largest absolute Gasteiger partial charge is 0.311 e. The van der Waals surface area contributed by atoms with Crippen LogP contribution in [0.15, 0.2) is 24.4 Å². The van der Waals surface area contributed by atoms with Crippen molar-refractivity contribution in [2.24, 2.45) is 5.92 Å². The van der Waals surface area contributed by atoms with Gasteiger partial charge in [0.15, 0.2) is 5.82 Å². The summed E-state index contributed by atoms with van der Waals surface area (Å²) in [5, 5.41) is 3.95. The molecule has 0 aliphatic carbocycles. The smallest absolute Gasteiger partial charge is 0.180 e. The Labute approximate surface area is 124 Å². The lowest BCUT2D eigenvalue weighted by Gasteiger charge is -2.09. The molecule has 0 radical (unpaired) electrons. The Morgan fingerprint density at radius 3 is 2.80 bits per heavy atom. The van der Waals surface area contributed by atoms with Crippen LogP contribution in [-0.2, 0) is 6.54 Å². The molecule has 20 heavy (non-hydrogen) atoms. The highest BCUT2D eigenvalue weighted by Crippen LogP contribution is 2.22. The number of pyridine rings is 1. The summed E-state index contributed by atoms with van der Waals surface area (Å²) in [5.74, 6) is 1.19. The molecule has 4 nitrogen and oxygen atoms in total. The minimum absolute atomic E-state index is 0.569. The van der Waals surface area contributed by atoms with Gasteiger partial charge in [-0.05, 0) is 37.6 Å². The summed E-state index contributed by atoms with van der Waals surface area (Å²) < 4.78 is 0. The monoisotopic (exact) mass is 290 g/mol. The standard InChI is InChI=1S/C15H19ClN4/c1-10(2)8-17-9-12-7-11(3)19-15(20-12)14-13(16)5-4-6-18-14/h4-7,10,17H,8-9H2,1-3H3. The van der Waals surface area contributed by atoms with Gasteiger partial charge in [0.05, 0.1) is 10.7 Å². The molecule has 0 amide bonds. The van der Waals surface area contributed by atoms with E-state index < -0.39 is 0 Å². The molecule has 0 bridgehead atoms. The van der Waals surface area contributed by atoms with Gasteiger partial charge in [-0.1, -0.05) is 25.4 Å². The van der Waals surface area contributed by atoms with E-state index in [2.05, 4.69) is 34.1 Å². The van der Waals surface area contributed by atoms with Crippen molar-refractivity contribution in [1.29, 1.82) is 0 Å². The highest BCUT2D eigenvalue weighted by Gasteiger charge is 2.09. The molecule has 1 N–H and O–H groups in total. The zero-order valence-electron chi connectivity index (χ0n) is 12.0. The SMILES string of the molecule is Cc1cc(CNCC(C)C)nc(-c2ncccc2Cl)n1. The second kappa shape index (κ2) is 6.77. The number of aryl methyl sites for hydroxylation is 1. The lowest BCUT2D eigenvalue weighted by Crippen LogP contribution is -2.20. The van der Waals surface area contributed by atoms with E-state index in [0.29, 0.717) is 22.5 Å². The molecule has 0 aromatic carbocycles. The number of hydrogen-bond donors (Lipinski definition) is 1. The van der Waals surface area contributed by atoms with Crippen LogP contribution >= 0.6 is 11.6 Å². The Balaban J connectivity index is 2.23. The van der Waals surface area contributed by atoms with Crippen molar-refractivity contribution in [1.82, 2.24) is 20.3 Å². The molecular formula is C15H19ClN4. The van der Waals surface area contributed by atoms with E-state index in [-0.39, 0.29) is 0 Å². The molecule has 0 fully saturated rings. The summed E-state index contributed by atoms with van der Waals surface area (Å²) in [6, 6.07) is 5.58. The molecule has 0 aliphatic rings. The molecular weight excluding hydrogens is 272 g/mol. The summed E-state index contributed by atoms with van der Waals surface area (Å²) in [5.41, 5.74) is 2.50. The minimum Gasteiger partial charge on any atom is -0.311 e. The normalized spacial score (nSPS) is 11.1. The number of nitrogens with one attached hydrogen (secondary N) is 1. The van der Waals surface area contributed by atoms with Crippen LogP contribution in [0.5, 0.6) is 0 Å². The van der Waals surface area contributed by atoms with Crippen molar-refractivity contribution in [3.05, 3.63) is 40.8 Å². The van der Waals surface area contributed by atoms with E-state index >= 15 is 0 Å². The Morgan fingerprint density at radius 2 is 2.10 bits per heavy atom. The molecule has 0 saturated heterocycles. The number of nitrogens with zero attached hydrogens (tertiary/aromatic N) is 3. The van der Waals surface area contributed by atoms with Crippen molar-refractivity contribution in [2.75, 3.05) is 6.54 Å². The Kier molecular flexibility index (Phi) is 5.04. The Morgan fingerprint density at radius 1 is 1.30 bits per heavy atom. The fourth-order valence-electron chi connectivity index (χ4n) is 1.87. The van der Waals surface area contributed by atoms with Gasteiger partial charge in [0.1, 0.15) is 5.69 Å². The van der Waals surface area contributed by atoms with Crippen molar-refractivity contribution in [3.8, 4) is 11.5 Å². The maximum atomic E-state index is 6.15. The molecule has 0 unspecified atom stereocenters. The van der Waals surface area contributed by atoms with Gasteiger partial charge in [-0.25, -0.2) is 9.97 Å². The number of halogens is 1. The predicted octanol–water partition coefficient (Wildman–Crippen LogP) is 3.25. The highest BCUT2D eigenvalue weighted by atomic mass is 35.5. The van der Waals surface area contributed by atoms with E-state index in [1.54, 1.807) is 18.3 Å². The Bertz CT molecular complexity index is 584. The van der Waals surface area contributed by atoms with E-state index in [9.17, 15) is 0 Å². The van der Waals surface area contributed by atoms with Gasteiger partial charge >= 0.3 is 0 Å². The van der Waals surface area contributed by atoms with Crippen LogP contribution in [0, 0.1) is 12.8 Å². The number of rotatable bonds is 5. The van der Waals surface area contributed by atoms with Crippen molar-refractivity contribution < 1.29 is 0 Å². The number of hydrogen-bond acceptors (Lipinski definition) is 4. The third-order valence-electron chi connectivity index (χ3n) is 2.74. The van der Waals surface area contributed by atoms with Crippen molar-refractivity contribution >= 4 is 11.6 Å².